The van der Waals surface area contributed by atoms with Crippen molar-refractivity contribution in [1.29, 1.82) is 0 Å². The highest BCUT2D eigenvalue weighted by Gasteiger charge is 2.40. The van der Waals surface area contributed by atoms with E-state index in [9.17, 15) is 9.18 Å². The highest BCUT2D eigenvalue weighted by Crippen LogP contribution is 2.35. The number of amides is 1. The number of aromatic amines is 1. The Morgan fingerprint density at radius 2 is 1.97 bits per heavy atom. The Morgan fingerprint density at radius 1 is 1.24 bits per heavy atom. The number of hydrogen-bond donors (Lipinski definition) is 4. The molecule has 0 saturated carbocycles. The summed E-state index contributed by atoms with van der Waals surface area (Å²) < 4.78 is 25.2. The quantitative estimate of drug-likeness (QED) is 0.423. The zero-order valence-corrected chi connectivity index (χ0v) is 18.4. The van der Waals surface area contributed by atoms with Gasteiger partial charge >= 0.3 is 0 Å². The molecule has 174 valence electrons. The third kappa shape index (κ3) is 4.85. The van der Waals surface area contributed by atoms with Crippen molar-refractivity contribution < 1.29 is 18.7 Å². The molecular weight excluding hydrogens is 429 g/mol. The number of rotatable bonds is 7. The zero-order valence-electron chi connectivity index (χ0n) is 18.4. The first-order valence-corrected chi connectivity index (χ1v) is 10.5. The molecule has 1 aliphatic heterocycles. The van der Waals surface area contributed by atoms with Gasteiger partial charge in [0.05, 0.1) is 35.7 Å². The first-order chi connectivity index (χ1) is 15.9. The van der Waals surface area contributed by atoms with Crippen LogP contribution >= 0.6 is 0 Å². The topological polar surface area (TPSA) is 140 Å². The van der Waals surface area contributed by atoms with Gasteiger partial charge in [0.1, 0.15) is 5.82 Å². The van der Waals surface area contributed by atoms with E-state index in [1.165, 1.54) is 12.1 Å². The second-order valence-corrected chi connectivity index (χ2v) is 7.93. The number of nitrogens with one attached hydrogen (secondary N) is 3. The Hall–Kier alpha value is -3.41. The maximum absolute atomic E-state index is 13.5. The molecule has 0 radical (unpaired) electrons. The van der Waals surface area contributed by atoms with Gasteiger partial charge < -0.3 is 30.8 Å². The normalized spacial score (nSPS) is 20.4. The van der Waals surface area contributed by atoms with Crippen LogP contribution in [0.5, 0.6) is 0 Å². The molecule has 0 spiro atoms. The largest absolute Gasteiger partial charge is 0.357 e. The van der Waals surface area contributed by atoms with Crippen molar-refractivity contribution in [3.63, 3.8) is 0 Å². The van der Waals surface area contributed by atoms with Crippen molar-refractivity contribution in [2.24, 2.45) is 11.1 Å². The van der Waals surface area contributed by atoms with Crippen molar-refractivity contribution in [3.05, 3.63) is 48.2 Å². The van der Waals surface area contributed by atoms with E-state index in [0.717, 1.165) is 0 Å². The molecule has 4 rings (SSSR count). The van der Waals surface area contributed by atoms with Gasteiger partial charge in [0.15, 0.2) is 5.82 Å². The number of nitrogens with zero attached hydrogens (tertiary/aromatic N) is 3. The van der Waals surface area contributed by atoms with Gasteiger partial charge in [-0.3, -0.25) is 4.79 Å². The average Bonchev–Trinajstić information content (AvgIpc) is 3.29. The van der Waals surface area contributed by atoms with Crippen molar-refractivity contribution >= 4 is 11.9 Å². The minimum Gasteiger partial charge on any atom is -0.357 e. The lowest BCUT2D eigenvalue weighted by Gasteiger charge is -2.35. The maximum atomic E-state index is 13.5. The van der Waals surface area contributed by atoms with E-state index in [4.69, 9.17) is 15.2 Å². The molecule has 0 unspecified atom stereocenters. The Morgan fingerprint density at radius 3 is 2.64 bits per heavy atom. The number of imidazole rings is 1. The van der Waals surface area contributed by atoms with Crippen LogP contribution in [0.15, 0.2) is 36.5 Å². The van der Waals surface area contributed by atoms with Gasteiger partial charge in [-0.1, -0.05) is 0 Å². The summed E-state index contributed by atoms with van der Waals surface area (Å²) in [7, 11) is 1.72. The number of ether oxygens (including phenoxy) is 2. The van der Waals surface area contributed by atoms with E-state index in [2.05, 4.69) is 30.6 Å². The third-order valence-electron chi connectivity index (χ3n) is 5.28. The van der Waals surface area contributed by atoms with Crippen LogP contribution in [0.1, 0.15) is 19.0 Å². The van der Waals surface area contributed by atoms with Gasteiger partial charge in [-0.2, -0.15) is 0 Å². The molecule has 3 heterocycles. The minimum absolute atomic E-state index is 0.146. The predicted molar refractivity (Wildman–Crippen MR) is 119 cm³/mol. The van der Waals surface area contributed by atoms with Crippen molar-refractivity contribution in [1.82, 2.24) is 25.3 Å². The van der Waals surface area contributed by atoms with E-state index in [-0.39, 0.29) is 24.9 Å². The lowest BCUT2D eigenvalue weighted by Crippen LogP contribution is -2.49. The second-order valence-electron chi connectivity index (χ2n) is 7.93. The van der Waals surface area contributed by atoms with Gasteiger partial charge in [-0.05, 0) is 37.3 Å². The molecule has 3 aromatic rings. The summed E-state index contributed by atoms with van der Waals surface area (Å²) in [5.74, 6) is 0.331. The number of anilines is 1. The van der Waals surface area contributed by atoms with Crippen molar-refractivity contribution in [3.8, 4) is 22.6 Å². The molecular formula is C22H26FN7O3. The summed E-state index contributed by atoms with van der Waals surface area (Å²) in [4.78, 5) is 29.0. The molecule has 11 heteroatoms. The Bertz CT molecular complexity index is 1110. The number of benzene rings is 1. The molecule has 1 saturated heterocycles. The number of carbonyl (C=O) groups excluding carboxylic acids is 1. The molecule has 1 aliphatic rings. The molecule has 1 fully saturated rings. The molecule has 33 heavy (non-hydrogen) atoms. The highest BCUT2D eigenvalue weighted by molar-refractivity contribution is 5.82. The van der Waals surface area contributed by atoms with Gasteiger partial charge in [0, 0.05) is 31.9 Å². The molecule has 1 aromatic carbocycles. The number of aromatic nitrogens is 4. The summed E-state index contributed by atoms with van der Waals surface area (Å²) >= 11 is 0. The van der Waals surface area contributed by atoms with Gasteiger partial charge in [-0.15, -0.1) is 0 Å². The van der Waals surface area contributed by atoms with Crippen molar-refractivity contribution in [2.45, 2.75) is 13.2 Å². The summed E-state index contributed by atoms with van der Waals surface area (Å²) in [6.07, 6.45) is 0.821. The van der Waals surface area contributed by atoms with Crippen LogP contribution in [0, 0.1) is 11.2 Å². The molecule has 2 aromatic heterocycles. The van der Waals surface area contributed by atoms with Crippen LogP contribution in [0.25, 0.3) is 22.6 Å². The average molecular weight is 455 g/mol. The first-order valence-electron chi connectivity index (χ1n) is 10.5. The van der Waals surface area contributed by atoms with Gasteiger partial charge in [0.25, 0.3) is 0 Å². The fourth-order valence-electron chi connectivity index (χ4n) is 3.42. The molecule has 0 bridgehead atoms. The Labute approximate surface area is 190 Å². The number of nitrogens with two attached hydrogens (primary N) is 1. The zero-order chi connectivity index (χ0) is 23.4. The first kappa shape index (κ1) is 22.8. The highest BCUT2D eigenvalue weighted by atomic mass is 19.1. The van der Waals surface area contributed by atoms with E-state index in [1.807, 2.05) is 0 Å². The summed E-state index contributed by atoms with van der Waals surface area (Å²) in [5, 5.41) is 5.68. The van der Waals surface area contributed by atoms with Crippen LogP contribution in [0.3, 0.4) is 0 Å². The molecule has 0 aliphatic carbocycles. The number of hydrogen-bond acceptors (Lipinski definition) is 8. The van der Waals surface area contributed by atoms with Crippen LogP contribution in [-0.4, -0.2) is 59.2 Å². The lowest BCUT2D eigenvalue weighted by molar-refractivity contribution is -0.231. The van der Waals surface area contributed by atoms with Gasteiger partial charge in [0.2, 0.25) is 18.1 Å². The van der Waals surface area contributed by atoms with E-state index < -0.39 is 11.7 Å². The van der Waals surface area contributed by atoms with Gasteiger partial charge in [-0.25, -0.2) is 19.3 Å². The molecule has 5 N–H and O–H groups in total. The van der Waals surface area contributed by atoms with E-state index >= 15 is 0 Å². The fraction of sp³-hybridized carbons (Fsp3) is 0.364. The Balaban J connectivity index is 1.63. The standard InChI is InChI=1S/C22H26FN7O3/c1-22(20(31)26-10-8-24)11-32-19(33-12-22)18-29-16(13-3-5-14(23)6-4-13)17(30-18)15-7-9-27-21(25-2)28-15/h3-7,9,19H,8,10-12,24H2,1-2H3,(H,26,31)(H,29,30)(H,25,27,28). The fourth-order valence-corrected chi connectivity index (χ4v) is 3.42. The molecule has 10 nitrogen and oxygen atoms in total. The maximum Gasteiger partial charge on any atom is 0.230 e. The summed E-state index contributed by atoms with van der Waals surface area (Å²) in [6.45, 7) is 2.80. The third-order valence-corrected chi connectivity index (χ3v) is 5.28. The number of halogens is 1. The van der Waals surface area contributed by atoms with E-state index in [0.29, 0.717) is 47.5 Å². The molecule has 0 atom stereocenters. The smallest absolute Gasteiger partial charge is 0.230 e. The van der Waals surface area contributed by atoms with Crippen LogP contribution < -0.4 is 16.4 Å². The number of H-pyrrole nitrogens is 1. The number of carbonyl (C=O) groups is 1. The lowest BCUT2D eigenvalue weighted by atomic mass is 9.91. The summed E-state index contributed by atoms with van der Waals surface area (Å²) in [6, 6.07) is 7.75. The Kier molecular flexibility index (Phi) is 6.63. The van der Waals surface area contributed by atoms with Crippen LogP contribution in [-0.2, 0) is 14.3 Å². The second kappa shape index (κ2) is 9.61. The summed E-state index contributed by atoms with van der Waals surface area (Å²) in [5.41, 5.74) is 7.08. The predicted octanol–water partition coefficient (Wildman–Crippen LogP) is 1.84. The van der Waals surface area contributed by atoms with Crippen molar-refractivity contribution in [2.75, 3.05) is 38.7 Å². The molecule has 1 amide bonds. The minimum atomic E-state index is -0.838. The van der Waals surface area contributed by atoms with Crippen LogP contribution in [0.4, 0.5) is 10.3 Å². The van der Waals surface area contributed by atoms with E-state index in [1.54, 1.807) is 38.4 Å². The van der Waals surface area contributed by atoms with Crippen LogP contribution in [0.2, 0.25) is 0 Å². The SMILES string of the molecule is CNc1nccc(-c2[nH]c(C3OCC(C)(C(=O)NCCN)CO3)nc2-c2ccc(F)cc2)n1. The monoisotopic (exact) mass is 455 g/mol.